The van der Waals surface area contributed by atoms with Crippen LogP contribution in [0.5, 0.6) is 5.75 Å². The summed E-state index contributed by atoms with van der Waals surface area (Å²) < 4.78 is 4.88. The summed E-state index contributed by atoms with van der Waals surface area (Å²) in [5, 5.41) is 9.68. The largest absolute Gasteiger partial charge is 0.508 e. The predicted molar refractivity (Wildman–Crippen MR) is 67.1 cm³/mol. The van der Waals surface area contributed by atoms with E-state index < -0.39 is 0 Å². The molecule has 94 valence electrons. The van der Waals surface area contributed by atoms with E-state index in [0.29, 0.717) is 25.2 Å². The molecule has 0 radical (unpaired) electrons. The number of aryl methyl sites for hydroxylation is 1. The minimum Gasteiger partial charge on any atom is -0.508 e. The second kappa shape index (κ2) is 6.28. The van der Waals surface area contributed by atoms with E-state index in [1.807, 2.05) is 26.0 Å². The zero-order valence-electron chi connectivity index (χ0n) is 10.7. The highest BCUT2D eigenvalue weighted by molar-refractivity contribution is 5.69. The van der Waals surface area contributed by atoms with Gasteiger partial charge in [0.15, 0.2) is 0 Å². The molecule has 0 aromatic heterocycles. The van der Waals surface area contributed by atoms with Gasteiger partial charge in [-0.3, -0.25) is 4.79 Å². The summed E-state index contributed by atoms with van der Waals surface area (Å²) in [5.41, 5.74) is 1.98. The fraction of sp³-hybridized carbons (Fsp3) is 0.500. The first-order chi connectivity index (χ1) is 8.04. The third kappa shape index (κ3) is 4.10. The minimum absolute atomic E-state index is 0.174. The van der Waals surface area contributed by atoms with Crippen molar-refractivity contribution in [3.05, 3.63) is 29.3 Å². The lowest BCUT2D eigenvalue weighted by Crippen LogP contribution is -2.05. The van der Waals surface area contributed by atoms with Crippen molar-refractivity contribution in [2.45, 2.75) is 39.5 Å². The number of ether oxygens (including phenoxy) is 1. The van der Waals surface area contributed by atoms with Crippen molar-refractivity contribution in [1.82, 2.24) is 0 Å². The molecule has 1 N–H and O–H groups in total. The molecule has 17 heavy (non-hydrogen) atoms. The van der Waals surface area contributed by atoms with E-state index in [1.54, 1.807) is 13.0 Å². The number of hydrogen-bond donors (Lipinski definition) is 1. The molecule has 1 aromatic carbocycles. The van der Waals surface area contributed by atoms with Crippen LogP contribution in [0.4, 0.5) is 0 Å². The van der Waals surface area contributed by atoms with Crippen LogP contribution >= 0.6 is 0 Å². The van der Waals surface area contributed by atoms with Crippen molar-refractivity contribution in [3.8, 4) is 5.75 Å². The Labute approximate surface area is 102 Å². The molecule has 0 saturated heterocycles. The summed E-state index contributed by atoms with van der Waals surface area (Å²) in [6.07, 6.45) is 1.04. The van der Waals surface area contributed by atoms with Crippen LogP contribution in [0.15, 0.2) is 18.2 Å². The van der Waals surface area contributed by atoms with Crippen LogP contribution in [0.1, 0.15) is 44.2 Å². The van der Waals surface area contributed by atoms with E-state index >= 15 is 0 Å². The molecule has 0 unspecified atom stereocenters. The highest BCUT2D eigenvalue weighted by atomic mass is 16.5. The molecule has 0 amide bonds. The van der Waals surface area contributed by atoms with Crippen molar-refractivity contribution >= 4 is 5.97 Å². The topological polar surface area (TPSA) is 46.5 Å². The monoisotopic (exact) mass is 236 g/mol. The Bertz CT molecular complexity index is 383. The molecule has 0 fully saturated rings. The lowest BCUT2D eigenvalue weighted by molar-refractivity contribution is -0.143. The predicted octanol–water partition coefficient (Wildman–Crippen LogP) is 3.01. The Morgan fingerprint density at radius 1 is 1.41 bits per heavy atom. The number of esters is 1. The third-order valence-corrected chi connectivity index (χ3v) is 2.64. The van der Waals surface area contributed by atoms with E-state index in [2.05, 4.69) is 0 Å². The van der Waals surface area contributed by atoms with Gasteiger partial charge < -0.3 is 9.84 Å². The average molecular weight is 236 g/mol. The molecule has 0 aliphatic heterocycles. The molecule has 3 heteroatoms. The van der Waals surface area contributed by atoms with Gasteiger partial charge >= 0.3 is 5.97 Å². The maximum absolute atomic E-state index is 11.2. The van der Waals surface area contributed by atoms with E-state index in [9.17, 15) is 9.90 Å². The highest BCUT2D eigenvalue weighted by Gasteiger charge is 2.08. The molecule has 0 aliphatic rings. The van der Waals surface area contributed by atoms with Crippen LogP contribution in [0.2, 0.25) is 0 Å². The number of carbonyl (C=O) groups excluding carboxylic acids is 1. The summed E-state index contributed by atoms with van der Waals surface area (Å²) in [6.45, 7) is 6.29. The van der Waals surface area contributed by atoms with Crippen molar-refractivity contribution in [2.75, 3.05) is 6.61 Å². The molecule has 0 spiro atoms. The number of rotatable bonds is 5. The molecule has 3 nitrogen and oxygen atoms in total. The number of carbonyl (C=O) groups is 1. The first kappa shape index (κ1) is 13.6. The maximum atomic E-state index is 11.2. The number of hydrogen-bond acceptors (Lipinski definition) is 3. The number of phenols is 1. The van der Waals surface area contributed by atoms with Gasteiger partial charge in [-0.25, -0.2) is 0 Å². The van der Waals surface area contributed by atoms with Crippen LogP contribution < -0.4 is 0 Å². The lowest BCUT2D eigenvalue weighted by Gasteiger charge is -2.10. The minimum atomic E-state index is -0.174. The molecule has 0 saturated carbocycles. The molecular weight excluding hydrogens is 216 g/mol. The van der Waals surface area contributed by atoms with Crippen molar-refractivity contribution in [3.63, 3.8) is 0 Å². The van der Waals surface area contributed by atoms with Crippen molar-refractivity contribution < 1.29 is 14.6 Å². The molecular formula is C14H20O3. The first-order valence-electron chi connectivity index (χ1n) is 6.02. The van der Waals surface area contributed by atoms with Crippen LogP contribution in [0, 0.1) is 0 Å². The van der Waals surface area contributed by atoms with Gasteiger partial charge in [0.2, 0.25) is 0 Å². The highest BCUT2D eigenvalue weighted by Crippen LogP contribution is 2.26. The Morgan fingerprint density at radius 2 is 2.12 bits per heavy atom. The summed E-state index contributed by atoms with van der Waals surface area (Å²) in [6, 6.07) is 5.50. The van der Waals surface area contributed by atoms with Gasteiger partial charge in [0.25, 0.3) is 0 Å². The van der Waals surface area contributed by atoms with Gasteiger partial charge in [0.05, 0.1) is 6.61 Å². The SMILES string of the molecule is CCOC(=O)CCc1ccc(O)c(C(C)C)c1. The van der Waals surface area contributed by atoms with Crippen LogP contribution in [0.25, 0.3) is 0 Å². The average Bonchev–Trinajstić information content (AvgIpc) is 2.28. The van der Waals surface area contributed by atoms with Gasteiger partial charge in [0, 0.05) is 6.42 Å². The van der Waals surface area contributed by atoms with E-state index in [1.165, 1.54) is 0 Å². The quantitative estimate of drug-likeness (QED) is 0.799. The van der Waals surface area contributed by atoms with Crippen molar-refractivity contribution in [2.24, 2.45) is 0 Å². The summed E-state index contributed by atoms with van der Waals surface area (Å²) >= 11 is 0. The van der Waals surface area contributed by atoms with Crippen molar-refractivity contribution in [1.29, 1.82) is 0 Å². The van der Waals surface area contributed by atoms with Gasteiger partial charge in [-0.15, -0.1) is 0 Å². The van der Waals surface area contributed by atoms with Gasteiger partial charge in [-0.2, -0.15) is 0 Å². The molecule has 0 heterocycles. The number of phenolic OH excluding ortho intramolecular Hbond substituents is 1. The summed E-state index contributed by atoms with van der Waals surface area (Å²) in [7, 11) is 0. The Hall–Kier alpha value is -1.51. The van der Waals surface area contributed by atoms with Gasteiger partial charge in [-0.1, -0.05) is 26.0 Å². The smallest absolute Gasteiger partial charge is 0.306 e. The fourth-order valence-electron chi connectivity index (χ4n) is 1.70. The first-order valence-corrected chi connectivity index (χ1v) is 6.02. The molecule has 1 rings (SSSR count). The molecule has 0 bridgehead atoms. The Morgan fingerprint density at radius 3 is 2.71 bits per heavy atom. The summed E-state index contributed by atoms with van der Waals surface area (Å²) in [5.74, 6) is 0.420. The van der Waals surface area contributed by atoms with Gasteiger partial charge in [-0.05, 0) is 36.5 Å². The third-order valence-electron chi connectivity index (χ3n) is 2.64. The fourth-order valence-corrected chi connectivity index (χ4v) is 1.70. The van der Waals surface area contributed by atoms with Crippen LogP contribution in [-0.2, 0) is 16.0 Å². The van der Waals surface area contributed by atoms with E-state index in [-0.39, 0.29) is 11.9 Å². The number of aromatic hydroxyl groups is 1. The second-order valence-electron chi connectivity index (χ2n) is 4.35. The molecule has 0 aliphatic carbocycles. The maximum Gasteiger partial charge on any atom is 0.306 e. The zero-order valence-corrected chi connectivity index (χ0v) is 10.7. The van der Waals surface area contributed by atoms with Crippen LogP contribution in [-0.4, -0.2) is 17.7 Å². The standard InChI is InChI=1S/C14H20O3/c1-4-17-14(16)8-6-11-5-7-13(15)12(9-11)10(2)3/h5,7,9-10,15H,4,6,8H2,1-3H3. The van der Waals surface area contributed by atoms with E-state index in [0.717, 1.165) is 11.1 Å². The van der Waals surface area contributed by atoms with Gasteiger partial charge in [0.1, 0.15) is 5.75 Å². The lowest BCUT2D eigenvalue weighted by atomic mass is 9.98. The number of benzene rings is 1. The molecule has 1 aromatic rings. The van der Waals surface area contributed by atoms with Crippen LogP contribution in [0.3, 0.4) is 0 Å². The Kier molecular flexibility index (Phi) is 5.01. The summed E-state index contributed by atoms with van der Waals surface area (Å²) in [4.78, 5) is 11.2. The normalized spacial score (nSPS) is 10.6. The zero-order chi connectivity index (χ0) is 12.8. The molecule has 0 atom stereocenters. The second-order valence-corrected chi connectivity index (χ2v) is 4.35. The van der Waals surface area contributed by atoms with E-state index in [4.69, 9.17) is 4.74 Å². The Balaban J connectivity index is 2.66.